The number of carbonyl (C=O) groups excluding carboxylic acids is 1. The van der Waals surface area contributed by atoms with Gasteiger partial charge in [-0.05, 0) is 52.6 Å². The van der Waals surface area contributed by atoms with Crippen LogP contribution in [0.4, 0.5) is 0 Å². The van der Waals surface area contributed by atoms with Crippen LogP contribution in [0.25, 0.3) is 0 Å². The first kappa shape index (κ1) is 22.8. The van der Waals surface area contributed by atoms with Gasteiger partial charge in [0.1, 0.15) is 18.1 Å². The fourth-order valence-electron chi connectivity index (χ4n) is 3.79. The molecule has 3 aromatic rings. The van der Waals surface area contributed by atoms with Crippen LogP contribution in [0.15, 0.2) is 66.7 Å². The average molecular weight is 447 g/mol. The van der Waals surface area contributed by atoms with E-state index in [1.54, 1.807) is 7.11 Å². The predicted molar refractivity (Wildman–Crippen MR) is 128 cm³/mol. The van der Waals surface area contributed by atoms with Crippen LogP contribution in [0.2, 0.25) is 0 Å². The highest BCUT2D eigenvalue weighted by Crippen LogP contribution is 2.24. The normalized spacial score (nSPS) is 14.3. The summed E-state index contributed by atoms with van der Waals surface area (Å²) in [6.45, 7) is 3.68. The second-order valence-corrected chi connectivity index (χ2v) is 7.99. The highest BCUT2D eigenvalue weighted by Gasteiger charge is 2.12. The number of nitrogens with one attached hydrogen (secondary N) is 2. The summed E-state index contributed by atoms with van der Waals surface area (Å²) in [6.07, 6.45) is 0.684. The van der Waals surface area contributed by atoms with E-state index in [4.69, 9.17) is 14.2 Å². The minimum Gasteiger partial charge on any atom is -0.497 e. The molecule has 6 nitrogen and oxygen atoms in total. The Morgan fingerprint density at radius 2 is 1.85 bits per heavy atom. The summed E-state index contributed by atoms with van der Waals surface area (Å²) < 4.78 is 16.8. The Morgan fingerprint density at radius 3 is 2.70 bits per heavy atom. The van der Waals surface area contributed by atoms with Crippen molar-refractivity contribution in [3.63, 3.8) is 0 Å². The van der Waals surface area contributed by atoms with Crippen LogP contribution in [-0.2, 0) is 24.2 Å². The van der Waals surface area contributed by atoms with Crippen molar-refractivity contribution in [1.29, 1.82) is 0 Å². The lowest BCUT2D eigenvalue weighted by molar-refractivity contribution is 0.0949. The lowest BCUT2D eigenvalue weighted by Gasteiger charge is -2.15. The maximum Gasteiger partial charge on any atom is 0.251 e. The zero-order chi connectivity index (χ0) is 22.9. The van der Waals surface area contributed by atoms with Crippen molar-refractivity contribution >= 4 is 5.91 Å². The summed E-state index contributed by atoms with van der Waals surface area (Å²) in [6, 6.07) is 21.8. The Hall–Kier alpha value is -3.35. The molecule has 0 saturated carbocycles. The molecule has 2 N–H and O–H groups in total. The third-order valence-electron chi connectivity index (χ3n) is 5.56. The second-order valence-electron chi connectivity index (χ2n) is 7.99. The Labute approximate surface area is 194 Å². The van der Waals surface area contributed by atoms with Gasteiger partial charge in [-0.15, -0.1) is 0 Å². The molecule has 3 aromatic carbocycles. The Kier molecular flexibility index (Phi) is 7.95. The molecule has 4 rings (SSSR count). The third-order valence-corrected chi connectivity index (χ3v) is 5.56. The van der Waals surface area contributed by atoms with Gasteiger partial charge < -0.3 is 24.8 Å². The molecule has 6 heteroatoms. The van der Waals surface area contributed by atoms with Gasteiger partial charge >= 0.3 is 0 Å². The van der Waals surface area contributed by atoms with E-state index >= 15 is 0 Å². The van der Waals surface area contributed by atoms with Crippen molar-refractivity contribution in [2.75, 3.05) is 33.5 Å². The van der Waals surface area contributed by atoms with Crippen LogP contribution in [0.1, 0.15) is 32.6 Å². The van der Waals surface area contributed by atoms with Crippen LogP contribution in [0, 0.1) is 0 Å². The Balaban J connectivity index is 1.51. The molecular weight excluding hydrogens is 416 g/mol. The van der Waals surface area contributed by atoms with Gasteiger partial charge in [0.05, 0.1) is 20.3 Å². The van der Waals surface area contributed by atoms with E-state index in [0.717, 1.165) is 35.7 Å². The molecule has 0 saturated heterocycles. The largest absolute Gasteiger partial charge is 0.497 e. The molecule has 0 radical (unpaired) electrons. The van der Waals surface area contributed by atoms with Crippen LogP contribution in [0.3, 0.4) is 0 Å². The number of ether oxygens (including phenoxy) is 3. The molecule has 0 aliphatic carbocycles. The lowest BCUT2D eigenvalue weighted by Crippen LogP contribution is -2.23. The van der Waals surface area contributed by atoms with E-state index in [1.165, 1.54) is 11.1 Å². The number of hydrogen-bond acceptors (Lipinski definition) is 5. The summed E-state index contributed by atoms with van der Waals surface area (Å²) in [5.74, 6) is 1.46. The molecule has 2 bridgehead atoms. The molecule has 172 valence electrons. The fraction of sp³-hybridized carbons (Fsp3) is 0.296. The quantitative estimate of drug-likeness (QED) is 0.640. The maximum absolute atomic E-state index is 12.9. The smallest absolute Gasteiger partial charge is 0.251 e. The van der Waals surface area contributed by atoms with E-state index in [1.807, 2.05) is 42.5 Å². The number of rotatable bonds is 4. The zero-order valence-electron chi connectivity index (χ0n) is 18.9. The first-order chi connectivity index (χ1) is 16.2. The third kappa shape index (κ3) is 6.57. The number of methoxy groups -OCH3 is 1. The average Bonchev–Trinajstić information content (AvgIpc) is 2.85. The van der Waals surface area contributed by atoms with Gasteiger partial charge in [0.25, 0.3) is 5.91 Å². The van der Waals surface area contributed by atoms with Crippen LogP contribution in [0.5, 0.6) is 11.5 Å². The standard InChI is InChI=1S/C27H30N2O4/c1-31-25-8-5-20(6-9-25)19-29-27(30)23-7-10-26-24(17-23)16-21-3-2-4-22(15-21)18-28-11-12-32-13-14-33-26/h2-10,15,17,28H,11-14,16,18-19H2,1H3,(H,29,30). The Morgan fingerprint density at radius 1 is 1.00 bits per heavy atom. The van der Waals surface area contributed by atoms with E-state index in [0.29, 0.717) is 38.3 Å². The molecule has 0 atom stereocenters. The monoisotopic (exact) mass is 446 g/mol. The van der Waals surface area contributed by atoms with Gasteiger partial charge in [-0.1, -0.05) is 36.4 Å². The van der Waals surface area contributed by atoms with Crippen molar-refractivity contribution in [2.45, 2.75) is 19.5 Å². The second kappa shape index (κ2) is 11.5. The van der Waals surface area contributed by atoms with Gasteiger partial charge in [0, 0.05) is 31.6 Å². The van der Waals surface area contributed by atoms with Crippen LogP contribution < -0.4 is 20.1 Å². The van der Waals surface area contributed by atoms with Crippen LogP contribution >= 0.6 is 0 Å². The summed E-state index contributed by atoms with van der Waals surface area (Å²) in [7, 11) is 1.64. The molecule has 1 aliphatic heterocycles. The van der Waals surface area contributed by atoms with Gasteiger partial charge in [-0.3, -0.25) is 4.79 Å². The van der Waals surface area contributed by atoms with Gasteiger partial charge in [-0.25, -0.2) is 0 Å². The highest BCUT2D eigenvalue weighted by molar-refractivity contribution is 5.94. The van der Waals surface area contributed by atoms with Crippen molar-refractivity contribution in [3.8, 4) is 11.5 Å². The maximum atomic E-state index is 12.9. The minimum absolute atomic E-state index is 0.116. The number of benzene rings is 3. The van der Waals surface area contributed by atoms with Crippen molar-refractivity contribution in [2.24, 2.45) is 0 Å². The number of carbonyl (C=O) groups is 1. The molecule has 0 unspecified atom stereocenters. The molecule has 0 aromatic heterocycles. The first-order valence-corrected chi connectivity index (χ1v) is 11.2. The molecule has 0 fully saturated rings. The molecule has 1 heterocycles. The van der Waals surface area contributed by atoms with Gasteiger partial charge in [-0.2, -0.15) is 0 Å². The highest BCUT2D eigenvalue weighted by atomic mass is 16.5. The minimum atomic E-state index is -0.116. The van der Waals surface area contributed by atoms with Crippen molar-refractivity contribution in [1.82, 2.24) is 10.6 Å². The fourth-order valence-corrected chi connectivity index (χ4v) is 3.79. The van der Waals surface area contributed by atoms with Crippen LogP contribution in [-0.4, -0.2) is 39.4 Å². The SMILES string of the molecule is COc1ccc(CNC(=O)c2ccc3c(c2)Cc2cccc(c2)CNCCOCCO3)cc1. The predicted octanol–water partition coefficient (Wildman–Crippen LogP) is 3.71. The molecular formula is C27H30N2O4. The summed E-state index contributed by atoms with van der Waals surface area (Å²) in [5.41, 5.74) is 5.01. The molecule has 33 heavy (non-hydrogen) atoms. The number of fused-ring (bicyclic) bond motifs is 3. The topological polar surface area (TPSA) is 68.8 Å². The van der Waals surface area contributed by atoms with Crippen molar-refractivity contribution < 1.29 is 19.0 Å². The van der Waals surface area contributed by atoms with Crippen molar-refractivity contribution in [3.05, 3.63) is 94.5 Å². The van der Waals surface area contributed by atoms with Gasteiger partial charge in [0.15, 0.2) is 0 Å². The van der Waals surface area contributed by atoms with E-state index in [-0.39, 0.29) is 5.91 Å². The van der Waals surface area contributed by atoms with Gasteiger partial charge in [0.2, 0.25) is 0 Å². The van der Waals surface area contributed by atoms with E-state index in [9.17, 15) is 4.79 Å². The lowest BCUT2D eigenvalue weighted by atomic mass is 9.99. The molecule has 1 aliphatic rings. The molecule has 1 amide bonds. The van der Waals surface area contributed by atoms with E-state index in [2.05, 4.69) is 34.9 Å². The number of amides is 1. The summed E-state index contributed by atoms with van der Waals surface area (Å²) >= 11 is 0. The summed E-state index contributed by atoms with van der Waals surface area (Å²) in [4.78, 5) is 12.9. The zero-order valence-corrected chi connectivity index (χ0v) is 18.9. The molecule has 0 spiro atoms. The first-order valence-electron chi connectivity index (χ1n) is 11.2. The number of hydrogen-bond donors (Lipinski definition) is 2. The van der Waals surface area contributed by atoms with E-state index < -0.39 is 0 Å². The summed E-state index contributed by atoms with van der Waals surface area (Å²) in [5, 5.41) is 6.40. The Bertz CT molecular complexity index is 1070.